The fourth-order valence-electron chi connectivity index (χ4n) is 1.40. The van der Waals surface area contributed by atoms with Crippen molar-refractivity contribution in [3.63, 3.8) is 0 Å². The molecule has 2 N–H and O–H groups in total. The number of hydrogen-bond acceptors (Lipinski definition) is 4. The van der Waals surface area contributed by atoms with Crippen LogP contribution in [0.15, 0.2) is 18.3 Å². The summed E-state index contributed by atoms with van der Waals surface area (Å²) in [5.74, 6) is 0.377. The Balaban J connectivity index is 2.10. The second-order valence-electron chi connectivity index (χ2n) is 3.65. The van der Waals surface area contributed by atoms with Crippen LogP contribution in [0.5, 0.6) is 0 Å². The van der Waals surface area contributed by atoms with E-state index in [0.29, 0.717) is 11.5 Å². The third-order valence-electron chi connectivity index (χ3n) is 2.23. The molecule has 0 aliphatic rings. The van der Waals surface area contributed by atoms with E-state index >= 15 is 0 Å². The molecule has 0 spiro atoms. The van der Waals surface area contributed by atoms with Crippen LogP contribution in [-0.2, 0) is 6.42 Å². The molecule has 2 aromatic rings. The number of aryl methyl sites for hydroxylation is 1. The maximum absolute atomic E-state index is 11.8. The van der Waals surface area contributed by atoms with Crippen LogP contribution in [0.25, 0.3) is 0 Å². The van der Waals surface area contributed by atoms with Gasteiger partial charge < -0.3 is 5.32 Å². The number of pyridine rings is 1. The molecule has 2 rings (SSSR count). The summed E-state index contributed by atoms with van der Waals surface area (Å²) in [6, 6.07) is 3.34. The first-order valence-corrected chi connectivity index (χ1v) is 5.91. The fourth-order valence-corrected chi connectivity index (χ4v) is 1.57. The van der Waals surface area contributed by atoms with Crippen molar-refractivity contribution in [3.8, 4) is 0 Å². The molecule has 0 aromatic carbocycles. The number of anilines is 1. The molecular formula is C11H12ClN5O. The summed E-state index contributed by atoms with van der Waals surface area (Å²) in [6.45, 7) is 2.03. The summed E-state index contributed by atoms with van der Waals surface area (Å²) >= 11 is 5.84. The zero-order valence-corrected chi connectivity index (χ0v) is 10.5. The first-order chi connectivity index (χ1) is 8.70. The average Bonchev–Trinajstić information content (AvgIpc) is 2.81. The first-order valence-electron chi connectivity index (χ1n) is 5.54. The summed E-state index contributed by atoms with van der Waals surface area (Å²) in [4.78, 5) is 19.8. The van der Waals surface area contributed by atoms with Gasteiger partial charge in [0.15, 0.2) is 5.15 Å². The normalized spacial score (nSPS) is 10.3. The maximum Gasteiger partial charge on any atom is 0.295 e. The molecule has 2 aromatic heterocycles. The molecule has 0 aliphatic heterocycles. The predicted octanol–water partition coefficient (Wildman–Crippen LogP) is 2.06. The Hall–Kier alpha value is -1.95. The molecule has 1 amide bonds. The van der Waals surface area contributed by atoms with Crippen molar-refractivity contribution in [2.75, 3.05) is 5.32 Å². The van der Waals surface area contributed by atoms with Gasteiger partial charge >= 0.3 is 0 Å². The van der Waals surface area contributed by atoms with Gasteiger partial charge in [0.2, 0.25) is 5.82 Å². The van der Waals surface area contributed by atoms with Crippen LogP contribution in [0.3, 0.4) is 0 Å². The van der Waals surface area contributed by atoms with Gasteiger partial charge in [0.25, 0.3) is 5.91 Å². The third-order valence-corrected chi connectivity index (χ3v) is 2.53. The van der Waals surface area contributed by atoms with Crippen LogP contribution >= 0.6 is 11.6 Å². The van der Waals surface area contributed by atoms with E-state index < -0.39 is 5.91 Å². The van der Waals surface area contributed by atoms with Gasteiger partial charge in [-0.2, -0.15) is 0 Å². The highest BCUT2D eigenvalue weighted by Crippen LogP contribution is 2.17. The van der Waals surface area contributed by atoms with E-state index in [0.717, 1.165) is 12.8 Å². The smallest absolute Gasteiger partial charge is 0.295 e. The zero-order valence-electron chi connectivity index (χ0n) is 9.77. The van der Waals surface area contributed by atoms with Crippen molar-refractivity contribution in [2.24, 2.45) is 0 Å². The van der Waals surface area contributed by atoms with Crippen molar-refractivity contribution in [2.45, 2.75) is 19.8 Å². The summed E-state index contributed by atoms with van der Waals surface area (Å²) in [6.07, 6.45) is 3.24. The predicted molar refractivity (Wildman–Crippen MR) is 67.6 cm³/mol. The lowest BCUT2D eigenvalue weighted by Gasteiger charge is -2.02. The standard InChI is InChI=1S/C11H12ClN5O/c1-2-4-8-15-10(17-16-8)11(18)14-7-5-3-6-13-9(7)12/h3,5-6H,2,4H2,1H3,(H,14,18)(H,15,16,17). The van der Waals surface area contributed by atoms with Gasteiger partial charge in [-0.25, -0.2) is 9.97 Å². The number of aromatic nitrogens is 4. The van der Waals surface area contributed by atoms with Crippen molar-refractivity contribution in [1.29, 1.82) is 0 Å². The van der Waals surface area contributed by atoms with E-state index in [9.17, 15) is 4.79 Å². The van der Waals surface area contributed by atoms with Gasteiger partial charge in [-0.15, -0.1) is 5.10 Å². The Kier molecular flexibility index (Phi) is 3.88. The minimum atomic E-state index is -0.413. The Morgan fingerprint density at radius 3 is 3.11 bits per heavy atom. The number of amides is 1. The monoisotopic (exact) mass is 265 g/mol. The highest BCUT2D eigenvalue weighted by Gasteiger charge is 2.13. The summed E-state index contributed by atoms with van der Waals surface area (Å²) in [5.41, 5.74) is 0.436. The number of nitrogens with zero attached hydrogens (tertiary/aromatic N) is 3. The molecule has 0 fully saturated rings. The van der Waals surface area contributed by atoms with E-state index in [-0.39, 0.29) is 11.0 Å². The topological polar surface area (TPSA) is 83.6 Å². The van der Waals surface area contributed by atoms with Crippen molar-refractivity contribution < 1.29 is 4.79 Å². The quantitative estimate of drug-likeness (QED) is 0.829. The number of halogens is 1. The zero-order chi connectivity index (χ0) is 13.0. The van der Waals surface area contributed by atoms with Crippen molar-refractivity contribution >= 4 is 23.2 Å². The Labute approximate surface area is 109 Å². The number of nitrogens with one attached hydrogen (secondary N) is 2. The molecule has 0 atom stereocenters. The molecule has 0 aliphatic carbocycles. The summed E-state index contributed by atoms with van der Waals surface area (Å²) in [5, 5.41) is 9.40. The van der Waals surface area contributed by atoms with E-state index in [4.69, 9.17) is 11.6 Å². The lowest BCUT2D eigenvalue weighted by atomic mass is 10.3. The minimum Gasteiger partial charge on any atom is -0.317 e. The van der Waals surface area contributed by atoms with Gasteiger partial charge in [-0.3, -0.25) is 9.89 Å². The van der Waals surface area contributed by atoms with Crippen LogP contribution in [0.1, 0.15) is 29.8 Å². The SMILES string of the molecule is CCCc1nc(C(=O)Nc2cccnc2Cl)n[nH]1. The second kappa shape index (κ2) is 5.59. The molecule has 0 unspecified atom stereocenters. The van der Waals surface area contributed by atoms with E-state index in [1.807, 2.05) is 6.92 Å². The van der Waals surface area contributed by atoms with Crippen molar-refractivity contribution in [1.82, 2.24) is 20.2 Å². The van der Waals surface area contributed by atoms with Crippen molar-refractivity contribution in [3.05, 3.63) is 35.1 Å². The Morgan fingerprint density at radius 2 is 2.39 bits per heavy atom. The Bertz CT molecular complexity index is 554. The van der Waals surface area contributed by atoms with E-state index in [1.165, 1.54) is 0 Å². The molecule has 0 saturated carbocycles. The lowest BCUT2D eigenvalue weighted by Crippen LogP contribution is -2.14. The number of carbonyl (C=O) groups is 1. The molecule has 6 nitrogen and oxygen atoms in total. The molecule has 94 valence electrons. The average molecular weight is 266 g/mol. The van der Waals surface area contributed by atoms with E-state index in [2.05, 4.69) is 25.5 Å². The fraction of sp³-hybridized carbons (Fsp3) is 0.273. The van der Waals surface area contributed by atoms with Crippen LogP contribution < -0.4 is 5.32 Å². The highest BCUT2D eigenvalue weighted by atomic mass is 35.5. The Morgan fingerprint density at radius 1 is 1.56 bits per heavy atom. The molecule has 18 heavy (non-hydrogen) atoms. The lowest BCUT2D eigenvalue weighted by molar-refractivity contribution is 0.101. The summed E-state index contributed by atoms with van der Waals surface area (Å²) < 4.78 is 0. The second-order valence-corrected chi connectivity index (χ2v) is 4.01. The summed E-state index contributed by atoms with van der Waals surface area (Å²) in [7, 11) is 0. The van der Waals surface area contributed by atoms with Gasteiger partial charge in [0.1, 0.15) is 5.82 Å². The van der Waals surface area contributed by atoms with Gasteiger partial charge in [-0.1, -0.05) is 18.5 Å². The van der Waals surface area contributed by atoms with Gasteiger partial charge in [0, 0.05) is 12.6 Å². The largest absolute Gasteiger partial charge is 0.317 e. The van der Waals surface area contributed by atoms with Crippen LogP contribution in [0.4, 0.5) is 5.69 Å². The molecular weight excluding hydrogens is 254 g/mol. The molecule has 0 radical (unpaired) electrons. The van der Waals surface area contributed by atoms with Crippen LogP contribution in [0.2, 0.25) is 5.15 Å². The number of carbonyl (C=O) groups excluding carboxylic acids is 1. The molecule has 0 saturated heterocycles. The molecule has 7 heteroatoms. The van der Waals surface area contributed by atoms with Gasteiger partial charge in [0.05, 0.1) is 5.69 Å². The molecule has 0 bridgehead atoms. The third kappa shape index (κ3) is 2.84. The van der Waals surface area contributed by atoms with Gasteiger partial charge in [-0.05, 0) is 18.6 Å². The van der Waals surface area contributed by atoms with Crippen LogP contribution in [-0.4, -0.2) is 26.1 Å². The van der Waals surface area contributed by atoms with E-state index in [1.54, 1.807) is 18.3 Å². The minimum absolute atomic E-state index is 0.0957. The molecule has 2 heterocycles. The highest BCUT2D eigenvalue weighted by molar-refractivity contribution is 6.32. The number of hydrogen-bond donors (Lipinski definition) is 2. The van der Waals surface area contributed by atoms with Crippen LogP contribution in [0, 0.1) is 0 Å². The number of aromatic amines is 1. The first kappa shape index (κ1) is 12.5. The number of rotatable bonds is 4. The number of H-pyrrole nitrogens is 1. The maximum atomic E-state index is 11.8.